The molecule has 6 heteroatoms. The van der Waals surface area contributed by atoms with E-state index in [1.807, 2.05) is 29.5 Å². The summed E-state index contributed by atoms with van der Waals surface area (Å²) in [4.78, 5) is 22.9. The number of aromatic nitrogens is 2. The van der Waals surface area contributed by atoms with Crippen LogP contribution < -0.4 is 0 Å². The molecule has 23 heavy (non-hydrogen) atoms. The number of nitrogens with zero attached hydrogens (tertiary/aromatic N) is 4. The van der Waals surface area contributed by atoms with Crippen LogP contribution in [0.5, 0.6) is 0 Å². The fourth-order valence-corrected chi connectivity index (χ4v) is 3.90. The molecule has 1 fully saturated rings. The van der Waals surface area contributed by atoms with E-state index in [1.165, 1.54) is 4.88 Å². The lowest BCUT2D eigenvalue weighted by molar-refractivity contribution is -0.134. The summed E-state index contributed by atoms with van der Waals surface area (Å²) in [6.45, 7) is 8.55. The van der Waals surface area contributed by atoms with Crippen molar-refractivity contribution < 1.29 is 4.79 Å². The largest absolute Gasteiger partial charge is 0.340 e. The highest BCUT2D eigenvalue weighted by Crippen LogP contribution is 2.17. The lowest BCUT2D eigenvalue weighted by Crippen LogP contribution is -2.39. The van der Waals surface area contributed by atoms with Gasteiger partial charge in [-0.15, -0.1) is 11.3 Å². The minimum Gasteiger partial charge on any atom is -0.340 e. The smallest absolute Gasteiger partial charge is 0.245 e. The van der Waals surface area contributed by atoms with Crippen molar-refractivity contribution in [2.45, 2.75) is 32.9 Å². The molecule has 1 atom stereocenters. The third kappa shape index (κ3) is 3.82. The van der Waals surface area contributed by atoms with E-state index in [2.05, 4.69) is 27.4 Å². The third-order valence-corrected chi connectivity index (χ3v) is 5.36. The van der Waals surface area contributed by atoms with Gasteiger partial charge in [-0.1, -0.05) is 6.07 Å². The first-order valence-electron chi connectivity index (χ1n) is 8.18. The molecule has 2 aromatic rings. The predicted octanol–water partition coefficient (Wildman–Crippen LogP) is 2.55. The Morgan fingerprint density at radius 3 is 2.91 bits per heavy atom. The molecule has 1 amide bonds. The zero-order valence-corrected chi connectivity index (χ0v) is 14.6. The van der Waals surface area contributed by atoms with Gasteiger partial charge in [0.1, 0.15) is 11.9 Å². The standard InChI is InChI=1S/C17H24N4OS/c1-14(21-9-6-18-15(21)2)17(22)20-8-4-7-19(10-11-20)13-16-5-3-12-23-16/h3,5-6,9,12,14H,4,7-8,10-11,13H2,1-2H3/t14-/m0/s1. The number of amides is 1. The summed E-state index contributed by atoms with van der Waals surface area (Å²) in [6.07, 6.45) is 4.68. The first kappa shape index (κ1) is 16.2. The molecule has 3 heterocycles. The van der Waals surface area contributed by atoms with E-state index in [4.69, 9.17) is 0 Å². The van der Waals surface area contributed by atoms with Gasteiger partial charge in [-0.3, -0.25) is 9.69 Å². The number of hydrogen-bond acceptors (Lipinski definition) is 4. The van der Waals surface area contributed by atoms with Gasteiger partial charge in [-0.05, 0) is 31.7 Å². The van der Waals surface area contributed by atoms with E-state index in [0.717, 1.165) is 45.0 Å². The summed E-state index contributed by atoms with van der Waals surface area (Å²) >= 11 is 1.80. The molecule has 0 aromatic carbocycles. The summed E-state index contributed by atoms with van der Waals surface area (Å²) < 4.78 is 1.96. The van der Waals surface area contributed by atoms with Crippen LogP contribution in [-0.4, -0.2) is 51.4 Å². The number of aryl methyl sites for hydroxylation is 1. The maximum absolute atomic E-state index is 12.8. The van der Waals surface area contributed by atoms with E-state index in [9.17, 15) is 4.79 Å². The Morgan fingerprint density at radius 1 is 1.35 bits per heavy atom. The van der Waals surface area contributed by atoms with Crippen LogP contribution in [0.25, 0.3) is 0 Å². The lowest BCUT2D eigenvalue weighted by Gasteiger charge is -2.25. The highest BCUT2D eigenvalue weighted by Gasteiger charge is 2.25. The van der Waals surface area contributed by atoms with Crippen LogP contribution in [0.4, 0.5) is 0 Å². The Balaban J connectivity index is 1.59. The lowest BCUT2D eigenvalue weighted by atomic mass is 10.2. The van der Waals surface area contributed by atoms with Crippen molar-refractivity contribution in [3.63, 3.8) is 0 Å². The molecule has 0 spiro atoms. The summed E-state index contributed by atoms with van der Waals surface area (Å²) in [5.41, 5.74) is 0. The molecule has 0 saturated carbocycles. The summed E-state index contributed by atoms with van der Waals surface area (Å²) in [6, 6.07) is 4.10. The van der Waals surface area contributed by atoms with Gasteiger partial charge in [0.15, 0.2) is 0 Å². The summed E-state index contributed by atoms with van der Waals surface area (Å²) in [7, 11) is 0. The van der Waals surface area contributed by atoms with E-state index in [0.29, 0.717) is 0 Å². The molecule has 0 N–H and O–H groups in total. The van der Waals surface area contributed by atoms with Crippen molar-refractivity contribution >= 4 is 17.2 Å². The molecule has 0 bridgehead atoms. The Hall–Kier alpha value is -1.66. The topological polar surface area (TPSA) is 41.4 Å². The quantitative estimate of drug-likeness (QED) is 0.864. The summed E-state index contributed by atoms with van der Waals surface area (Å²) in [5, 5.41) is 2.12. The fraction of sp³-hybridized carbons (Fsp3) is 0.529. The van der Waals surface area contributed by atoms with Gasteiger partial charge < -0.3 is 9.47 Å². The molecular weight excluding hydrogens is 308 g/mol. The monoisotopic (exact) mass is 332 g/mol. The number of thiophene rings is 1. The van der Waals surface area contributed by atoms with Gasteiger partial charge in [0.2, 0.25) is 5.91 Å². The van der Waals surface area contributed by atoms with Crippen molar-refractivity contribution in [1.29, 1.82) is 0 Å². The predicted molar refractivity (Wildman–Crippen MR) is 92.5 cm³/mol. The Labute approximate surface area is 141 Å². The van der Waals surface area contributed by atoms with Gasteiger partial charge in [-0.2, -0.15) is 0 Å². The molecule has 1 saturated heterocycles. The molecular formula is C17H24N4OS. The normalized spacial score (nSPS) is 17.9. The Bertz CT molecular complexity index is 637. The Kier molecular flexibility index (Phi) is 5.13. The molecule has 2 aromatic heterocycles. The zero-order chi connectivity index (χ0) is 16.2. The van der Waals surface area contributed by atoms with Crippen LogP contribution in [-0.2, 0) is 11.3 Å². The molecule has 1 aliphatic rings. The third-order valence-electron chi connectivity index (χ3n) is 4.50. The van der Waals surface area contributed by atoms with Crippen molar-refractivity contribution in [2.75, 3.05) is 26.2 Å². The molecule has 124 valence electrons. The van der Waals surface area contributed by atoms with Crippen LogP contribution in [0.3, 0.4) is 0 Å². The second-order valence-electron chi connectivity index (χ2n) is 6.09. The summed E-state index contributed by atoms with van der Waals surface area (Å²) in [5.74, 6) is 1.09. The van der Waals surface area contributed by atoms with Gasteiger partial charge >= 0.3 is 0 Å². The minimum absolute atomic E-state index is 0.179. The molecule has 0 aliphatic carbocycles. The van der Waals surface area contributed by atoms with Crippen molar-refractivity contribution in [1.82, 2.24) is 19.4 Å². The molecule has 0 unspecified atom stereocenters. The molecule has 0 radical (unpaired) electrons. The van der Waals surface area contributed by atoms with Gasteiger partial charge in [-0.25, -0.2) is 4.98 Å². The fourth-order valence-electron chi connectivity index (χ4n) is 3.15. The van der Waals surface area contributed by atoms with Crippen molar-refractivity contribution in [3.05, 3.63) is 40.6 Å². The maximum Gasteiger partial charge on any atom is 0.245 e. The Morgan fingerprint density at radius 2 is 2.22 bits per heavy atom. The van der Waals surface area contributed by atoms with Crippen LogP contribution in [0.1, 0.15) is 30.1 Å². The highest BCUT2D eigenvalue weighted by atomic mass is 32.1. The number of carbonyl (C=O) groups is 1. The van der Waals surface area contributed by atoms with Crippen LogP contribution in [0.15, 0.2) is 29.9 Å². The average Bonchev–Trinajstić information content (AvgIpc) is 3.14. The SMILES string of the molecule is Cc1nccn1[C@@H](C)C(=O)N1CCCN(Cc2cccs2)CC1. The first-order valence-corrected chi connectivity index (χ1v) is 9.06. The average molecular weight is 332 g/mol. The van der Waals surface area contributed by atoms with E-state index in [-0.39, 0.29) is 11.9 Å². The number of imidazole rings is 1. The van der Waals surface area contributed by atoms with Crippen LogP contribution >= 0.6 is 11.3 Å². The second-order valence-corrected chi connectivity index (χ2v) is 7.12. The van der Waals surface area contributed by atoms with Crippen LogP contribution in [0.2, 0.25) is 0 Å². The molecule has 3 rings (SSSR count). The van der Waals surface area contributed by atoms with Crippen molar-refractivity contribution in [3.8, 4) is 0 Å². The van der Waals surface area contributed by atoms with E-state index < -0.39 is 0 Å². The number of hydrogen-bond donors (Lipinski definition) is 0. The van der Waals surface area contributed by atoms with Crippen LogP contribution in [0, 0.1) is 6.92 Å². The second kappa shape index (κ2) is 7.27. The maximum atomic E-state index is 12.8. The van der Waals surface area contributed by atoms with E-state index in [1.54, 1.807) is 17.5 Å². The van der Waals surface area contributed by atoms with Crippen molar-refractivity contribution in [2.24, 2.45) is 0 Å². The van der Waals surface area contributed by atoms with Gasteiger partial charge in [0.25, 0.3) is 0 Å². The van der Waals surface area contributed by atoms with Gasteiger partial charge in [0, 0.05) is 50.0 Å². The number of rotatable bonds is 4. The first-order chi connectivity index (χ1) is 11.1. The number of carbonyl (C=O) groups excluding carboxylic acids is 1. The van der Waals surface area contributed by atoms with Gasteiger partial charge in [0.05, 0.1) is 0 Å². The highest BCUT2D eigenvalue weighted by molar-refractivity contribution is 7.09. The zero-order valence-electron chi connectivity index (χ0n) is 13.8. The molecule has 5 nitrogen and oxygen atoms in total. The van der Waals surface area contributed by atoms with E-state index >= 15 is 0 Å². The molecule has 1 aliphatic heterocycles. The minimum atomic E-state index is -0.179.